The van der Waals surface area contributed by atoms with E-state index in [4.69, 9.17) is 14.2 Å². The number of amides is 1. The summed E-state index contributed by atoms with van der Waals surface area (Å²) in [6, 6.07) is 6.06. The van der Waals surface area contributed by atoms with E-state index in [1.54, 1.807) is 18.2 Å². The van der Waals surface area contributed by atoms with Gasteiger partial charge in [-0.15, -0.1) is 0 Å². The van der Waals surface area contributed by atoms with E-state index in [9.17, 15) is 10.1 Å². The number of ether oxygens (including phenoxy) is 3. The lowest BCUT2D eigenvalue weighted by atomic mass is 10.1. The number of benzene rings is 1. The minimum absolute atomic E-state index is 0.0731. The van der Waals surface area contributed by atoms with Crippen LogP contribution in [0.15, 0.2) is 30.9 Å². The van der Waals surface area contributed by atoms with Crippen LogP contribution in [0.2, 0.25) is 0 Å². The molecule has 1 unspecified atom stereocenters. The predicted octanol–water partition coefficient (Wildman–Crippen LogP) is 2.18. The molecule has 106 valence electrons. The first-order valence-corrected chi connectivity index (χ1v) is 5.82. The van der Waals surface area contributed by atoms with Crippen molar-refractivity contribution < 1.29 is 19.0 Å². The third-order valence-corrected chi connectivity index (χ3v) is 2.48. The van der Waals surface area contributed by atoms with Crippen LogP contribution in [0.5, 0.6) is 11.5 Å². The highest BCUT2D eigenvalue weighted by atomic mass is 16.5. The van der Waals surface area contributed by atoms with Crippen molar-refractivity contribution in [1.29, 1.82) is 5.26 Å². The van der Waals surface area contributed by atoms with Crippen LogP contribution < -0.4 is 14.8 Å². The van der Waals surface area contributed by atoms with Gasteiger partial charge >= 0.3 is 6.09 Å². The Kier molecular flexibility index (Phi) is 5.91. The van der Waals surface area contributed by atoms with E-state index in [1.807, 2.05) is 6.07 Å². The molecular weight excluding hydrogens is 260 g/mol. The Bertz CT molecular complexity index is 522. The SMILES string of the molecule is C=CCOC(=O)NC(C#N)c1ccc(OC)cc1OC. The zero-order valence-corrected chi connectivity index (χ0v) is 11.4. The first-order valence-electron chi connectivity index (χ1n) is 5.82. The molecule has 20 heavy (non-hydrogen) atoms. The first kappa shape index (κ1) is 15.4. The van der Waals surface area contributed by atoms with Crippen LogP contribution in [-0.2, 0) is 4.74 Å². The molecule has 1 rings (SSSR count). The summed E-state index contributed by atoms with van der Waals surface area (Å²) in [6.07, 6.45) is 0.740. The van der Waals surface area contributed by atoms with E-state index in [0.717, 1.165) is 0 Å². The van der Waals surface area contributed by atoms with E-state index in [0.29, 0.717) is 17.1 Å². The summed E-state index contributed by atoms with van der Waals surface area (Å²) in [5, 5.41) is 11.6. The van der Waals surface area contributed by atoms with Crippen LogP contribution in [-0.4, -0.2) is 26.9 Å². The molecule has 0 heterocycles. The van der Waals surface area contributed by atoms with Crippen molar-refractivity contribution in [3.63, 3.8) is 0 Å². The molecule has 0 aromatic heterocycles. The molecule has 6 nitrogen and oxygen atoms in total. The van der Waals surface area contributed by atoms with E-state index in [-0.39, 0.29) is 6.61 Å². The third kappa shape index (κ3) is 3.92. The van der Waals surface area contributed by atoms with E-state index < -0.39 is 12.1 Å². The molecule has 0 radical (unpaired) electrons. The lowest BCUT2D eigenvalue weighted by Crippen LogP contribution is -2.28. The van der Waals surface area contributed by atoms with Gasteiger partial charge in [-0.1, -0.05) is 12.7 Å². The highest BCUT2D eigenvalue weighted by Gasteiger charge is 2.19. The molecule has 1 aromatic carbocycles. The molecule has 0 aliphatic carbocycles. The van der Waals surface area contributed by atoms with Gasteiger partial charge in [0.2, 0.25) is 0 Å². The molecule has 0 aliphatic rings. The average molecular weight is 276 g/mol. The summed E-state index contributed by atoms with van der Waals surface area (Å²) in [5.74, 6) is 1.04. The number of nitriles is 1. The predicted molar refractivity (Wildman–Crippen MR) is 72.6 cm³/mol. The van der Waals surface area contributed by atoms with Crippen LogP contribution >= 0.6 is 0 Å². The first-order chi connectivity index (χ1) is 9.65. The molecule has 0 saturated heterocycles. The van der Waals surface area contributed by atoms with Crippen molar-refractivity contribution in [2.75, 3.05) is 20.8 Å². The minimum atomic E-state index is -0.881. The van der Waals surface area contributed by atoms with Crippen molar-refractivity contribution >= 4 is 6.09 Å². The molecule has 1 amide bonds. The Labute approximate surface area is 117 Å². The maximum absolute atomic E-state index is 11.5. The summed E-state index contributed by atoms with van der Waals surface area (Å²) in [7, 11) is 3.00. The molecule has 1 atom stereocenters. The van der Waals surface area contributed by atoms with E-state index >= 15 is 0 Å². The minimum Gasteiger partial charge on any atom is -0.497 e. The maximum atomic E-state index is 11.5. The van der Waals surface area contributed by atoms with Gasteiger partial charge in [-0.05, 0) is 12.1 Å². The lowest BCUT2D eigenvalue weighted by Gasteiger charge is -2.15. The topological polar surface area (TPSA) is 80.6 Å². The average Bonchev–Trinajstić information content (AvgIpc) is 2.49. The number of nitrogens with one attached hydrogen (secondary N) is 1. The Morgan fingerprint density at radius 2 is 2.25 bits per heavy atom. The smallest absolute Gasteiger partial charge is 0.408 e. The number of alkyl carbamates (subject to hydrolysis) is 1. The monoisotopic (exact) mass is 276 g/mol. The Hall–Kier alpha value is -2.68. The molecule has 1 N–H and O–H groups in total. The molecule has 1 aromatic rings. The molecule has 0 fully saturated rings. The number of nitrogens with zero attached hydrogens (tertiary/aromatic N) is 1. The zero-order chi connectivity index (χ0) is 15.0. The second kappa shape index (κ2) is 7.69. The number of rotatable bonds is 6. The van der Waals surface area contributed by atoms with Gasteiger partial charge in [-0.25, -0.2) is 4.79 Å². The standard InChI is InChI=1S/C14H16N2O4/c1-4-7-20-14(17)16-12(9-15)11-6-5-10(18-2)8-13(11)19-3/h4-6,8,12H,1,7H2,2-3H3,(H,16,17). The van der Waals surface area contributed by atoms with Gasteiger partial charge in [-0.3, -0.25) is 0 Å². The van der Waals surface area contributed by atoms with Crippen LogP contribution in [0.4, 0.5) is 4.79 Å². The largest absolute Gasteiger partial charge is 0.497 e. The van der Waals surface area contributed by atoms with Gasteiger partial charge in [-0.2, -0.15) is 5.26 Å². The second-order valence-corrected chi connectivity index (χ2v) is 3.70. The Balaban J connectivity index is 2.92. The van der Waals surface area contributed by atoms with Gasteiger partial charge in [0.05, 0.1) is 20.3 Å². The number of hydrogen-bond acceptors (Lipinski definition) is 5. The summed E-state index contributed by atoms with van der Waals surface area (Å²) in [6.45, 7) is 3.51. The summed E-state index contributed by atoms with van der Waals surface area (Å²) >= 11 is 0. The molecule has 0 saturated carbocycles. The summed E-state index contributed by atoms with van der Waals surface area (Å²) < 4.78 is 15.0. The fraction of sp³-hybridized carbons (Fsp3) is 0.286. The van der Waals surface area contributed by atoms with Gasteiger partial charge in [0, 0.05) is 11.6 Å². The van der Waals surface area contributed by atoms with Gasteiger partial charge in [0.15, 0.2) is 0 Å². The van der Waals surface area contributed by atoms with Crippen LogP contribution in [0.1, 0.15) is 11.6 Å². The van der Waals surface area contributed by atoms with E-state index in [2.05, 4.69) is 11.9 Å². The third-order valence-electron chi connectivity index (χ3n) is 2.48. The summed E-state index contributed by atoms with van der Waals surface area (Å²) in [4.78, 5) is 11.5. The van der Waals surface area contributed by atoms with Gasteiger partial charge in [0.25, 0.3) is 0 Å². The van der Waals surface area contributed by atoms with Crippen molar-refractivity contribution in [3.05, 3.63) is 36.4 Å². The molecular formula is C14H16N2O4. The maximum Gasteiger partial charge on any atom is 0.408 e. The van der Waals surface area contributed by atoms with E-state index in [1.165, 1.54) is 20.3 Å². The fourth-order valence-electron chi connectivity index (χ4n) is 1.53. The van der Waals surface area contributed by atoms with Crippen molar-refractivity contribution in [1.82, 2.24) is 5.32 Å². The number of carbonyl (C=O) groups is 1. The second-order valence-electron chi connectivity index (χ2n) is 3.70. The lowest BCUT2D eigenvalue weighted by molar-refractivity contribution is 0.156. The highest BCUT2D eigenvalue weighted by molar-refractivity contribution is 5.69. The molecule has 0 aliphatic heterocycles. The number of carbonyl (C=O) groups excluding carboxylic acids is 1. The number of methoxy groups -OCH3 is 2. The number of hydrogen-bond donors (Lipinski definition) is 1. The van der Waals surface area contributed by atoms with Crippen LogP contribution in [0.25, 0.3) is 0 Å². The van der Waals surface area contributed by atoms with Crippen molar-refractivity contribution in [2.24, 2.45) is 0 Å². The molecule has 0 spiro atoms. The zero-order valence-electron chi connectivity index (χ0n) is 11.4. The fourth-order valence-corrected chi connectivity index (χ4v) is 1.53. The van der Waals surface area contributed by atoms with Crippen LogP contribution in [0.3, 0.4) is 0 Å². The Morgan fingerprint density at radius 3 is 2.80 bits per heavy atom. The quantitative estimate of drug-likeness (QED) is 0.805. The normalized spacial score (nSPS) is 10.8. The molecule has 0 bridgehead atoms. The van der Waals surface area contributed by atoms with Gasteiger partial charge in [0.1, 0.15) is 24.1 Å². The molecule has 6 heteroatoms. The summed E-state index contributed by atoms with van der Waals surface area (Å²) in [5.41, 5.74) is 0.520. The van der Waals surface area contributed by atoms with Crippen molar-refractivity contribution in [2.45, 2.75) is 6.04 Å². The van der Waals surface area contributed by atoms with Gasteiger partial charge < -0.3 is 19.5 Å². The van der Waals surface area contributed by atoms with Crippen molar-refractivity contribution in [3.8, 4) is 17.6 Å². The Morgan fingerprint density at radius 1 is 1.50 bits per heavy atom. The highest BCUT2D eigenvalue weighted by Crippen LogP contribution is 2.29. The van der Waals surface area contributed by atoms with Crippen LogP contribution in [0, 0.1) is 11.3 Å².